The second kappa shape index (κ2) is 6.95. The van der Waals surface area contributed by atoms with Gasteiger partial charge in [0.05, 0.1) is 11.6 Å². The lowest BCUT2D eigenvalue weighted by Gasteiger charge is -2.11. The van der Waals surface area contributed by atoms with Crippen LogP contribution in [-0.2, 0) is 18.3 Å². The molecule has 1 aromatic carbocycles. The van der Waals surface area contributed by atoms with Crippen molar-refractivity contribution in [3.05, 3.63) is 53.1 Å². The molecule has 1 aromatic heterocycles. The molecule has 0 aliphatic heterocycles. The van der Waals surface area contributed by atoms with Crippen molar-refractivity contribution in [3.8, 4) is 5.75 Å². The predicted octanol–water partition coefficient (Wildman–Crippen LogP) is 2.79. The number of aromatic nitrogens is 2. The molecule has 21 heavy (non-hydrogen) atoms. The van der Waals surface area contributed by atoms with Crippen molar-refractivity contribution in [1.29, 1.82) is 0 Å². The Morgan fingerprint density at radius 2 is 2.33 bits per heavy atom. The number of rotatable bonds is 6. The highest BCUT2D eigenvalue weighted by Crippen LogP contribution is 2.29. The van der Waals surface area contributed by atoms with Gasteiger partial charge in [-0.3, -0.25) is 0 Å². The standard InChI is InChI=1S/C15H15ClN2O3/c1-18-9-8-17-13(18)7-10-21-15-11(5-6-14(19)20)3-2-4-12(15)16/h2-6,8-9H,7,10H2,1H3,(H,19,20)/b6-5+. The van der Waals surface area contributed by atoms with E-state index in [0.29, 0.717) is 29.4 Å². The molecule has 0 saturated carbocycles. The Hall–Kier alpha value is -2.27. The summed E-state index contributed by atoms with van der Waals surface area (Å²) in [6.07, 6.45) is 6.75. The van der Waals surface area contributed by atoms with Crippen LogP contribution >= 0.6 is 11.6 Å². The van der Waals surface area contributed by atoms with E-state index in [9.17, 15) is 4.79 Å². The molecule has 2 aromatic rings. The number of para-hydroxylation sites is 1. The third-order valence-electron chi connectivity index (χ3n) is 2.90. The maximum Gasteiger partial charge on any atom is 0.328 e. The third-order valence-corrected chi connectivity index (χ3v) is 3.19. The van der Waals surface area contributed by atoms with E-state index in [2.05, 4.69) is 4.98 Å². The van der Waals surface area contributed by atoms with E-state index in [1.54, 1.807) is 24.4 Å². The Morgan fingerprint density at radius 1 is 1.52 bits per heavy atom. The van der Waals surface area contributed by atoms with Crippen LogP contribution in [0.5, 0.6) is 5.75 Å². The summed E-state index contributed by atoms with van der Waals surface area (Å²) in [7, 11) is 1.92. The average Bonchev–Trinajstić information content (AvgIpc) is 2.84. The van der Waals surface area contributed by atoms with Crippen LogP contribution in [0.2, 0.25) is 5.02 Å². The van der Waals surface area contributed by atoms with Crippen molar-refractivity contribution in [1.82, 2.24) is 9.55 Å². The molecular weight excluding hydrogens is 292 g/mol. The largest absolute Gasteiger partial charge is 0.491 e. The minimum atomic E-state index is -1.02. The smallest absolute Gasteiger partial charge is 0.328 e. The summed E-state index contributed by atoms with van der Waals surface area (Å²) < 4.78 is 7.62. The van der Waals surface area contributed by atoms with E-state index in [4.69, 9.17) is 21.4 Å². The molecule has 0 amide bonds. The molecule has 0 radical (unpaired) electrons. The molecule has 0 fully saturated rings. The molecule has 1 heterocycles. The van der Waals surface area contributed by atoms with Crippen molar-refractivity contribution in [3.63, 3.8) is 0 Å². The highest BCUT2D eigenvalue weighted by Gasteiger charge is 2.08. The Labute approximate surface area is 127 Å². The lowest BCUT2D eigenvalue weighted by atomic mass is 10.2. The molecule has 0 unspecified atom stereocenters. The zero-order valence-corrected chi connectivity index (χ0v) is 12.2. The molecule has 0 atom stereocenters. The highest BCUT2D eigenvalue weighted by atomic mass is 35.5. The fourth-order valence-corrected chi connectivity index (χ4v) is 2.09. The van der Waals surface area contributed by atoms with E-state index in [-0.39, 0.29) is 0 Å². The van der Waals surface area contributed by atoms with Crippen molar-refractivity contribution < 1.29 is 14.6 Å². The molecular formula is C15H15ClN2O3. The van der Waals surface area contributed by atoms with Gasteiger partial charge in [-0.1, -0.05) is 23.7 Å². The minimum Gasteiger partial charge on any atom is -0.491 e. The lowest BCUT2D eigenvalue weighted by Crippen LogP contribution is -2.07. The van der Waals surface area contributed by atoms with Gasteiger partial charge in [0.15, 0.2) is 0 Å². The number of carboxylic acids is 1. The number of ether oxygens (including phenoxy) is 1. The summed E-state index contributed by atoms with van der Waals surface area (Å²) in [6, 6.07) is 5.20. The number of carboxylic acid groups (broad SMARTS) is 1. The van der Waals surface area contributed by atoms with Crippen molar-refractivity contribution in [2.45, 2.75) is 6.42 Å². The summed E-state index contributed by atoms with van der Waals surface area (Å²) in [4.78, 5) is 14.8. The molecule has 1 N–H and O–H groups in total. The number of aryl methyl sites for hydroxylation is 1. The maximum absolute atomic E-state index is 10.6. The number of carbonyl (C=O) groups is 1. The van der Waals surface area contributed by atoms with Crippen LogP contribution in [0.25, 0.3) is 6.08 Å². The van der Waals surface area contributed by atoms with Crippen LogP contribution in [0.4, 0.5) is 0 Å². The highest BCUT2D eigenvalue weighted by molar-refractivity contribution is 6.32. The first-order valence-electron chi connectivity index (χ1n) is 6.36. The third kappa shape index (κ3) is 4.10. The Bertz CT molecular complexity index is 665. The van der Waals surface area contributed by atoms with Crippen molar-refractivity contribution >= 4 is 23.6 Å². The zero-order valence-electron chi connectivity index (χ0n) is 11.5. The van der Waals surface area contributed by atoms with Gasteiger partial charge in [-0.15, -0.1) is 0 Å². The van der Waals surface area contributed by atoms with Gasteiger partial charge in [0.2, 0.25) is 0 Å². The van der Waals surface area contributed by atoms with Gasteiger partial charge >= 0.3 is 5.97 Å². The molecule has 2 rings (SSSR count). The van der Waals surface area contributed by atoms with Gasteiger partial charge in [0.1, 0.15) is 11.6 Å². The van der Waals surface area contributed by atoms with E-state index in [1.165, 1.54) is 6.08 Å². The normalized spacial score (nSPS) is 11.0. The van der Waals surface area contributed by atoms with Crippen molar-refractivity contribution in [2.24, 2.45) is 7.05 Å². The number of halogens is 1. The SMILES string of the molecule is Cn1ccnc1CCOc1c(Cl)cccc1/C=C/C(=O)O. The van der Waals surface area contributed by atoms with Gasteiger partial charge in [-0.25, -0.2) is 9.78 Å². The number of hydrogen-bond donors (Lipinski definition) is 1. The quantitative estimate of drug-likeness (QED) is 0.834. The fourth-order valence-electron chi connectivity index (χ4n) is 1.85. The first-order chi connectivity index (χ1) is 10.1. The van der Waals surface area contributed by atoms with Gasteiger partial charge in [-0.05, 0) is 12.1 Å². The first kappa shape index (κ1) is 15.1. The first-order valence-corrected chi connectivity index (χ1v) is 6.74. The van der Waals surface area contributed by atoms with Gasteiger partial charge in [0.25, 0.3) is 0 Å². The molecule has 110 valence electrons. The summed E-state index contributed by atoms with van der Waals surface area (Å²) in [5.41, 5.74) is 0.629. The Kier molecular flexibility index (Phi) is 5.00. The monoisotopic (exact) mass is 306 g/mol. The second-order valence-corrected chi connectivity index (χ2v) is 4.79. The van der Waals surface area contributed by atoms with Crippen LogP contribution in [0.3, 0.4) is 0 Å². The number of aliphatic carboxylic acids is 1. The Balaban J connectivity index is 2.08. The fraction of sp³-hybridized carbons (Fsp3) is 0.200. The van der Waals surface area contributed by atoms with Crippen LogP contribution in [0.1, 0.15) is 11.4 Å². The molecule has 0 saturated heterocycles. The summed E-state index contributed by atoms with van der Waals surface area (Å²) in [5.74, 6) is 0.365. The molecule has 5 nitrogen and oxygen atoms in total. The molecule has 0 aliphatic rings. The number of imidazole rings is 1. The Morgan fingerprint density at radius 3 is 3.00 bits per heavy atom. The van der Waals surface area contributed by atoms with E-state index >= 15 is 0 Å². The maximum atomic E-state index is 10.6. The van der Waals surface area contributed by atoms with Crippen LogP contribution in [0.15, 0.2) is 36.7 Å². The van der Waals surface area contributed by atoms with Crippen LogP contribution < -0.4 is 4.74 Å². The molecule has 0 aliphatic carbocycles. The summed E-state index contributed by atoms with van der Waals surface area (Å²) in [6.45, 7) is 0.405. The van der Waals surface area contributed by atoms with E-state index in [1.807, 2.05) is 17.8 Å². The summed E-state index contributed by atoms with van der Waals surface area (Å²) in [5, 5.41) is 9.14. The average molecular weight is 307 g/mol. The summed E-state index contributed by atoms with van der Waals surface area (Å²) >= 11 is 6.11. The number of benzene rings is 1. The van der Waals surface area contributed by atoms with Gasteiger partial charge < -0.3 is 14.4 Å². The lowest BCUT2D eigenvalue weighted by molar-refractivity contribution is -0.131. The second-order valence-electron chi connectivity index (χ2n) is 4.38. The molecule has 0 bridgehead atoms. The van der Waals surface area contributed by atoms with Gasteiger partial charge in [-0.2, -0.15) is 0 Å². The molecule has 0 spiro atoms. The van der Waals surface area contributed by atoms with Gasteiger partial charge in [0, 0.05) is 37.5 Å². The van der Waals surface area contributed by atoms with E-state index in [0.717, 1.165) is 11.9 Å². The molecule has 6 heteroatoms. The zero-order chi connectivity index (χ0) is 15.2. The van der Waals surface area contributed by atoms with Crippen LogP contribution in [-0.4, -0.2) is 27.2 Å². The van der Waals surface area contributed by atoms with E-state index < -0.39 is 5.97 Å². The number of nitrogens with zero attached hydrogens (tertiary/aromatic N) is 2. The number of hydrogen-bond acceptors (Lipinski definition) is 3. The van der Waals surface area contributed by atoms with Crippen molar-refractivity contribution in [2.75, 3.05) is 6.61 Å². The predicted molar refractivity (Wildman–Crippen MR) is 80.5 cm³/mol. The van der Waals surface area contributed by atoms with Crippen LogP contribution in [0, 0.1) is 0 Å². The minimum absolute atomic E-state index is 0.405. The topological polar surface area (TPSA) is 64.4 Å².